The lowest BCUT2D eigenvalue weighted by Gasteiger charge is -2.21. The summed E-state index contributed by atoms with van der Waals surface area (Å²) in [6.07, 6.45) is 8.69. The minimum atomic E-state index is -4.46. The van der Waals surface area contributed by atoms with Gasteiger partial charge in [-0.25, -0.2) is 95.0 Å². The summed E-state index contributed by atoms with van der Waals surface area (Å²) in [5.74, 6) is -25.8. The van der Waals surface area contributed by atoms with E-state index in [1.54, 1.807) is 0 Å². The average Bonchev–Trinajstić information content (AvgIpc) is 0.823. The minimum absolute atomic E-state index is 0.00353. The van der Waals surface area contributed by atoms with Crippen molar-refractivity contribution >= 4 is 41.8 Å². The van der Waals surface area contributed by atoms with Crippen LogP contribution in [-0.4, -0.2) is 181 Å². The highest BCUT2D eigenvalue weighted by Gasteiger charge is 2.35. The van der Waals surface area contributed by atoms with Crippen LogP contribution in [0.2, 0.25) is 0 Å². The standard InChI is InChI=1S/2C15H17F3O3.C15H20O3.2C14H14F4O3.2C14H15F3O3/c16-15(17,18)13-3-1-12(2-4-13)14(19)21-10-7-11-5-8-20-9-6-11;16-15(17,18)13-3-1-2-12(10-13)14(19)21-9-6-11-4-7-20-8-5-11;1-12-4-2-3-5-14(12)15(16)18-11-8-13-6-9-17-10-7-13;15-9-7-10(16)13(18)11(12(9)17)14(19)21-6-3-8-1-4-20-5-2-8;15-10-7-9(11(16)13(18)12(10)17)14(19)21-6-3-8-1-4-20-5-2-8;15-10-1-2-11(16)13(17)12(10)14(18)20-8-5-9-3-6-19-7-4-9;15-11-2-1-10(12(16)13(11)17)14(18)20-8-5-9-3-6-19-7-4-9/h1-4,11H,5-10H2;1-3,10-11H,4-9H2;2-5,13H,6-11H2,1H3;2*7-8H,1-6H2;2*1-2,9H,3-8H2. The lowest BCUT2D eigenvalue weighted by atomic mass is 9.97. The molecule has 0 aromatic heterocycles. The van der Waals surface area contributed by atoms with E-state index < -0.39 is 163 Å². The molecule has 0 radical (unpaired) electrons. The Morgan fingerprint density at radius 1 is 0.246 bits per heavy atom. The largest absolute Gasteiger partial charge is 0.462 e. The number of hydrogen-bond acceptors (Lipinski definition) is 21. The first-order valence-corrected chi connectivity index (χ1v) is 46.5. The summed E-state index contributed by atoms with van der Waals surface area (Å²) in [5, 5.41) is 0. The Kier molecular flexibility index (Phi) is 49.7. The smallest absolute Gasteiger partial charge is 0.416 e. The van der Waals surface area contributed by atoms with Crippen molar-refractivity contribution in [3.05, 3.63) is 246 Å². The number of esters is 7. The fourth-order valence-corrected chi connectivity index (χ4v) is 15.3. The highest BCUT2D eigenvalue weighted by molar-refractivity contribution is 5.93. The van der Waals surface area contributed by atoms with Gasteiger partial charge in [-0.2, -0.15) is 26.3 Å². The normalized spacial score (nSPS) is 16.3. The molecule has 0 N–H and O–H groups in total. The maximum atomic E-state index is 13.4. The molecule has 782 valence electrons. The van der Waals surface area contributed by atoms with E-state index in [-0.39, 0.29) is 62.8 Å². The zero-order valence-corrected chi connectivity index (χ0v) is 77.8. The third-order valence-electron chi connectivity index (χ3n) is 24.1. The van der Waals surface area contributed by atoms with E-state index >= 15 is 0 Å². The van der Waals surface area contributed by atoms with Crippen molar-refractivity contribution in [3.8, 4) is 0 Å². The summed E-state index contributed by atoms with van der Waals surface area (Å²) in [4.78, 5) is 81.7. The number of carbonyl (C=O) groups excluding carboxylic acids is 7. The maximum Gasteiger partial charge on any atom is 0.416 e. The Balaban J connectivity index is 0.000000203. The third kappa shape index (κ3) is 39.4. The van der Waals surface area contributed by atoms with Gasteiger partial charge in [0.1, 0.15) is 22.5 Å². The minimum Gasteiger partial charge on any atom is -0.462 e. The number of carbonyl (C=O) groups is 7. The molecule has 7 aromatic carbocycles. The van der Waals surface area contributed by atoms with E-state index in [0.29, 0.717) is 176 Å². The van der Waals surface area contributed by atoms with Crippen LogP contribution in [0.4, 0.5) is 87.8 Å². The van der Waals surface area contributed by atoms with E-state index in [4.69, 9.17) is 66.3 Å². The first-order valence-electron chi connectivity index (χ1n) is 46.5. The first-order chi connectivity index (χ1) is 67.9. The van der Waals surface area contributed by atoms with E-state index in [2.05, 4.69) is 0 Å². The number of benzene rings is 7. The molecule has 21 nitrogen and oxygen atoms in total. The molecule has 7 fully saturated rings. The molecule has 0 bridgehead atoms. The SMILES string of the molecule is Cc1ccccc1C(=O)OCCC1CCOCC1.O=C(OCCC1CCOCC1)c1c(F)c(F)cc(F)c1F.O=C(OCCC1CCOCC1)c1c(F)ccc(F)c1F.O=C(OCCC1CCOCC1)c1cc(F)c(F)c(F)c1F.O=C(OCCC1CCOCC1)c1ccc(C(F)(F)F)cc1.O=C(OCCC1CCOCC1)c1ccc(F)c(F)c1F.O=C(OCCC1CCOCC1)c1cccc(C(F)(F)F)c1. The van der Waals surface area contributed by atoms with Crippen LogP contribution < -0.4 is 0 Å². The lowest BCUT2D eigenvalue weighted by molar-refractivity contribution is -0.138. The van der Waals surface area contributed by atoms with Gasteiger partial charge in [0.25, 0.3) is 0 Å². The second kappa shape index (κ2) is 60.7. The first kappa shape index (κ1) is 116. The van der Waals surface area contributed by atoms with Gasteiger partial charge in [-0.05, 0) is 268 Å². The van der Waals surface area contributed by atoms with Gasteiger partial charge < -0.3 is 66.3 Å². The Morgan fingerprint density at radius 3 is 0.908 bits per heavy atom. The van der Waals surface area contributed by atoms with Crippen LogP contribution in [0.1, 0.15) is 224 Å². The number of ether oxygens (including phenoxy) is 14. The molecule has 0 amide bonds. The van der Waals surface area contributed by atoms with Crippen LogP contribution in [0, 0.1) is 130 Å². The van der Waals surface area contributed by atoms with Crippen molar-refractivity contribution in [2.45, 2.75) is 154 Å². The van der Waals surface area contributed by atoms with Crippen LogP contribution in [0.5, 0.6) is 0 Å². The topological polar surface area (TPSA) is 249 Å². The molecular formula is C101H112F20O21. The van der Waals surface area contributed by atoms with Crippen LogP contribution in [0.15, 0.2) is 109 Å². The molecule has 14 rings (SSSR count). The molecule has 142 heavy (non-hydrogen) atoms. The number of aryl methyl sites for hydroxylation is 1. The summed E-state index contributed by atoms with van der Waals surface area (Å²) in [6, 6.07) is 19.1. The van der Waals surface area contributed by atoms with Crippen LogP contribution in [0.3, 0.4) is 0 Å². The summed E-state index contributed by atoms with van der Waals surface area (Å²) >= 11 is 0. The summed E-state index contributed by atoms with van der Waals surface area (Å²) in [6.45, 7) is 12.9. The lowest BCUT2D eigenvalue weighted by Crippen LogP contribution is -2.19. The Hall–Kier alpha value is -10.9. The predicted octanol–water partition coefficient (Wildman–Crippen LogP) is 22.9. The monoisotopic (exact) mass is 2040 g/mol. The highest BCUT2D eigenvalue weighted by atomic mass is 19.4. The molecule has 7 heterocycles. The van der Waals surface area contributed by atoms with Gasteiger partial charge in [-0.1, -0.05) is 24.3 Å². The van der Waals surface area contributed by atoms with Gasteiger partial charge in [0.05, 0.1) is 79.6 Å². The summed E-state index contributed by atoms with van der Waals surface area (Å²) in [5.41, 5.74) is -3.77. The van der Waals surface area contributed by atoms with Crippen LogP contribution in [0.25, 0.3) is 0 Å². The van der Waals surface area contributed by atoms with Crippen molar-refractivity contribution < 1.29 is 188 Å². The van der Waals surface area contributed by atoms with Gasteiger partial charge in [0, 0.05) is 98.6 Å². The van der Waals surface area contributed by atoms with Gasteiger partial charge >= 0.3 is 54.1 Å². The van der Waals surface area contributed by atoms with E-state index in [9.17, 15) is 121 Å². The summed E-state index contributed by atoms with van der Waals surface area (Å²) < 4.78 is 330. The fraction of sp³-hybridized carbons (Fsp3) is 0.515. The van der Waals surface area contributed by atoms with E-state index in [1.165, 1.54) is 12.1 Å². The molecule has 7 saturated heterocycles. The number of halogens is 20. The van der Waals surface area contributed by atoms with E-state index in [0.717, 1.165) is 177 Å². The van der Waals surface area contributed by atoms with Gasteiger partial charge in [0.2, 0.25) is 0 Å². The zero-order valence-electron chi connectivity index (χ0n) is 77.8. The number of rotatable bonds is 28. The van der Waals surface area contributed by atoms with Crippen molar-refractivity contribution in [3.63, 3.8) is 0 Å². The molecule has 7 aliphatic rings. The van der Waals surface area contributed by atoms with Crippen LogP contribution in [-0.2, 0) is 78.7 Å². The van der Waals surface area contributed by atoms with Gasteiger partial charge in [-0.3, -0.25) is 0 Å². The molecule has 0 unspecified atom stereocenters. The molecule has 7 aliphatic heterocycles. The molecule has 41 heteroatoms. The van der Waals surface area contributed by atoms with Crippen molar-refractivity contribution in [1.29, 1.82) is 0 Å². The molecule has 0 saturated carbocycles. The van der Waals surface area contributed by atoms with Gasteiger partial charge in [-0.15, -0.1) is 0 Å². The molecular weight excluding hydrogens is 1930 g/mol. The number of alkyl halides is 6. The predicted molar refractivity (Wildman–Crippen MR) is 468 cm³/mol. The van der Waals surface area contributed by atoms with Crippen LogP contribution >= 0.6 is 0 Å². The van der Waals surface area contributed by atoms with E-state index in [1.807, 2.05) is 31.2 Å². The molecule has 0 aliphatic carbocycles. The van der Waals surface area contributed by atoms with Crippen molar-refractivity contribution in [2.24, 2.45) is 41.4 Å². The second-order valence-electron chi connectivity index (χ2n) is 34.0. The Bertz CT molecular complexity index is 5100. The fourth-order valence-electron chi connectivity index (χ4n) is 15.3. The molecule has 0 atom stereocenters. The maximum absolute atomic E-state index is 13.4. The quantitative estimate of drug-likeness (QED) is 0.0145. The van der Waals surface area contributed by atoms with Gasteiger partial charge in [0.15, 0.2) is 75.6 Å². The zero-order chi connectivity index (χ0) is 103. The number of hydrogen-bond donors (Lipinski definition) is 0. The highest BCUT2D eigenvalue weighted by Crippen LogP contribution is 2.34. The van der Waals surface area contributed by atoms with Crippen molar-refractivity contribution in [2.75, 3.05) is 139 Å². The Morgan fingerprint density at radius 2 is 0.535 bits per heavy atom. The third-order valence-corrected chi connectivity index (χ3v) is 24.1. The Labute approximate surface area is 806 Å². The van der Waals surface area contributed by atoms with Crippen molar-refractivity contribution in [1.82, 2.24) is 0 Å². The molecule has 7 aromatic rings. The average molecular weight is 2040 g/mol. The second-order valence-corrected chi connectivity index (χ2v) is 34.0. The summed E-state index contributed by atoms with van der Waals surface area (Å²) in [7, 11) is 0. The molecule has 0 spiro atoms.